The fraction of sp³-hybridized carbons (Fsp3) is 0.111. The molecule has 0 aliphatic carbocycles. The SMILES string of the molecule is O=C(COC(=O)Cc1n[nH]c(=O)c2ccccc12)Nc1ccc(F)c(F)c1. The van der Waals surface area contributed by atoms with Crippen LogP contribution in [0.4, 0.5) is 14.5 Å². The van der Waals surface area contributed by atoms with Crippen molar-refractivity contribution in [3.63, 3.8) is 0 Å². The van der Waals surface area contributed by atoms with Gasteiger partial charge in [0, 0.05) is 17.1 Å². The summed E-state index contributed by atoms with van der Waals surface area (Å²) < 4.78 is 30.8. The summed E-state index contributed by atoms with van der Waals surface area (Å²) in [6, 6.07) is 9.48. The molecule has 3 rings (SSSR count). The average Bonchev–Trinajstić information content (AvgIpc) is 2.66. The minimum atomic E-state index is -1.11. The van der Waals surface area contributed by atoms with Crippen LogP contribution in [0.5, 0.6) is 0 Å². The average molecular weight is 373 g/mol. The number of benzene rings is 2. The number of rotatable bonds is 5. The summed E-state index contributed by atoms with van der Waals surface area (Å²) in [5.74, 6) is -3.60. The van der Waals surface area contributed by atoms with Crippen LogP contribution >= 0.6 is 0 Å². The summed E-state index contributed by atoms with van der Waals surface area (Å²) in [7, 11) is 0. The van der Waals surface area contributed by atoms with E-state index in [4.69, 9.17) is 4.74 Å². The third kappa shape index (κ3) is 4.32. The molecule has 3 aromatic rings. The number of anilines is 1. The number of carbonyl (C=O) groups excluding carboxylic acids is 2. The monoisotopic (exact) mass is 373 g/mol. The number of fused-ring (bicyclic) bond motifs is 1. The number of halogens is 2. The van der Waals surface area contributed by atoms with E-state index in [1.54, 1.807) is 24.3 Å². The Morgan fingerprint density at radius 2 is 1.81 bits per heavy atom. The second-order valence-electron chi connectivity index (χ2n) is 5.56. The molecule has 0 saturated heterocycles. The maximum absolute atomic E-state index is 13.1. The quantitative estimate of drug-likeness (QED) is 0.666. The molecule has 0 aliphatic heterocycles. The van der Waals surface area contributed by atoms with Crippen LogP contribution < -0.4 is 10.9 Å². The predicted octanol–water partition coefficient (Wildman–Crippen LogP) is 1.93. The smallest absolute Gasteiger partial charge is 0.312 e. The fourth-order valence-electron chi connectivity index (χ4n) is 2.41. The molecular weight excluding hydrogens is 360 g/mol. The largest absolute Gasteiger partial charge is 0.455 e. The van der Waals surface area contributed by atoms with Crippen LogP contribution in [-0.4, -0.2) is 28.7 Å². The molecule has 0 radical (unpaired) electrons. The van der Waals surface area contributed by atoms with Gasteiger partial charge in [-0.15, -0.1) is 0 Å². The van der Waals surface area contributed by atoms with Gasteiger partial charge < -0.3 is 10.1 Å². The Morgan fingerprint density at radius 3 is 2.56 bits per heavy atom. The molecule has 1 amide bonds. The molecule has 27 heavy (non-hydrogen) atoms. The zero-order valence-electron chi connectivity index (χ0n) is 13.8. The van der Waals surface area contributed by atoms with E-state index in [1.807, 2.05) is 0 Å². The van der Waals surface area contributed by atoms with Crippen LogP contribution in [0.1, 0.15) is 5.69 Å². The summed E-state index contributed by atoms with van der Waals surface area (Å²) in [5.41, 5.74) is -0.0481. The Hall–Kier alpha value is -3.62. The lowest BCUT2D eigenvalue weighted by Crippen LogP contribution is -2.22. The van der Waals surface area contributed by atoms with Crippen molar-refractivity contribution in [3.8, 4) is 0 Å². The number of ether oxygens (including phenoxy) is 1. The van der Waals surface area contributed by atoms with E-state index in [0.717, 1.165) is 12.1 Å². The van der Waals surface area contributed by atoms with Gasteiger partial charge in [-0.05, 0) is 18.2 Å². The highest BCUT2D eigenvalue weighted by Crippen LogP contribution is 2.14. The van der Waals surface area contributed by atoms with Crippen LogP contribution in [0.25, 0.3) is 10.8 Å². The van der Waals surface area contributed by atoms with Crippen molar-refractivity contribution in [2.45, 2.75) is 6.42 Å². The van der Waals surface area contributed by atoms with E-state index in [-0.39, 0.29) is 17.7 Å². The first-order valence-corrected chi connectivity index (χ1v) is 7.81. The highest BCUT2D eigenvalue weighted by molar-refractivity contribution is 5.93. The third-order valence-corrected chi connectivity index (χ3v) is 3.65. The van der Waals surface area contributed by atoms with Gasteiger partial charge in [0.05, 0.1) is 17.5 Å². The first-order chi connectivity index (χ1) is 12.9. The number of aromatic nitrogens is 2. The van der Waals surface area contributed by atoms with Gasteiger partial charge >= 0.3 is 5.97 Å². The predicted molar refractivity (Wildman–Crippen MR) is 92.0 cm³/mol. The zero-order chi connectivity index (χ0) is 19.4. The summed E-state index contributed by atoms with van der Waals surface area (Å²) in [4.78, 5) is 35.4. The van der Waals surface area contributed by atoms with Crippen LogP contribution in [0.2, 0.25) is 0 Å². The topological polar surface area (TPSA) is 101 Å². The van der Waals surface area contributed by atoms with Gasteiger partial charge in [0.2, 0.25) is 0 Å². The van der Waals surface area contributed by atoms with Gasteiger partial charge in [-0.3, -0.25) is 14.4 Å². The summed E-state index contributed by atoms with van der Waals surface area (Å²) in [5, 5.41) is 9.31. The van der Waals surface area contributed by atoms with Crippen molar-refractivity contribution in [1.29, 1.82) is 0 Å². The number of aromatic amines is 1. The van der Waals surface area contributed by atoms with Crippen LogP contribution in [0, 0.1) is 11.6 Å². The normalized spacial score (nSPS) is 10.6. The molecule has 1 aromatic heterocycles. The lowest BCUT2D eigenvalue weighted by Gasteiger charge is -2.08. The fourth-order valence-corrected chi connectivity index (χ4v) is 2.41. The van der Waals surface area contributed by atoms with E-state index < -0.39 is 30.1 Å². The van der Waals surface area contributed by atoms with Crippen molar-refractivity contribution in [2.75, 3.05) is 11.9 Å². The highest BCUT2D eigenvalue weighted by atomic mass is 19.2. The molecule has 0 spiro atoms. The molecule has 0 unspecified atom stereocenters. The molecule has 0 aliphatic rings. The first kappa shape index (κ1) is 18.2. The minimum Gasteiger partial charge on any atom is -0.455 e. The van der Waals surface area contributed by atoms with E-state index in [9.17, 15) is 23.2 Å². The molecule has 1 heterocycles. The minimum absolute atomic E-state index is 0.0308. The van der Waals surface area contributed by atoms with E-state index in [0.29, 0.717) is 16.5 Å². The van der Waals surface area contributed by atoms with Gasteiger partial charge in [0.15, 0.2) is 18.2 Å². The maximum atomic E-state index is 13.1. The number of nitrogens with one attached hydrogen (secondary N) is 2. The number of hydrogen-bond donors (Lipinski definition) is 2. The van der Waals surface area contributed by atoms with E-state index in [2.05, 4.69) is 15.5 Å². The second-order valence-corrected chi connectivity index (χ2v) is 5.56. The van der Waals surface area contributed by atoms with Gasteiger partial charge in [-0.1, -0.05) is 18.2 Å². The Bertz CT molecular complexity index is 1080. The van der Waals surface area contributed by atoms with Crippen LogP contribution in [-0.2, 0) is 20.7 Å². The maximum Gasteiger partial charge on any atom is 0.312 e. The van der Waals surface area contributed by atoms with Crippen molar-refractivity contribution in [1.82, 2.24) is 10.2 Å². The molecule has 0 bridgehead atoms. The van der Waals surface area contributed by atoms with Crippen molar-refractivity contribution in [2.24, 2.45) is 0 Å². The van der Waals surface area contributed by atoms with Crippen LogP contribution in [0.15, 0.2) is 47.3 Å². The highest BCUT2D eigenvalue weighted by Gasteiger charge is 2.14. The standard InChI is InChI=1S/C18H13F2N3O4/c19-13-6-5-10(7-14(13)20)21-16(24)9-27-17(25)8-15-11-3-1-2-4-12(11)18(26)23-22-15/h1-7H,8-9H2,(H,21,24)(H,23,26). The molecule has 9 heteroatoms. The lowest BCUT2D eigenvalue weighted by atomic mass is 10.1. The first-order valence-electron chi connectivity index (χ1n) is 7.81. The summed E-state index contributed by atoms with van der Waals surface area (Å²) >= 11 is 0. The number of esters is 1. The second kappa shape index (κ2) is 7.73. The van der Waals surface area contributed by atoms with E-state index >= 15 is 0 Å². The molecule has 0 atom stereocenters. The lowest BCUT2D eigenvalue weighted by molar-refractivity contribution is -0.146. The number of hydrogen-bond acceptors (Lipinski definition) is 5. The van der Waals surface area contributed by atoms with Gasteiger partial charge in [-0.25, -0.2) is 13.9 Å². The van der Waals surface area contributed by atoms with Crippen molar-refractivity contribution < 1.29 is 23.1 Å². The number of amides is 1. The number of nitrogens with zero attached hydrogens (tertiary/aromatic N) is 1. The Morgan fingerprint density at radius 1 is 1.07 bits per heavy atom. The molecule has 2 aromatic carbocycles. The summed E-state index contributed by atoms with van der Waals surface area (Å²) in [6.45, 7) is -0.612. The third-order valence-electron chi connectivity index (χ3n) is 3.65. The van der Waals surface area contributed by atoms with Crippen molar-refractivity contribution >= 4 is 28.3 Å². The molecule has 0 fully saturated rings. The summed E-state index contributed by atoms with van der Waals surface area (Å²) in [6.07, 6.45) is -0.254. The molecular formula is C18H13F2N3O4. The Labute approximate surface area is 151 Å². The van der Waals surface area contributed by atoms with Crippen molar-refractivity contribution in [3.05, 3.63) is 70.1 Å². The molecule has 7 nitrogen and oxygen atoms in total. The molecule has 138 valence electrons. The molecule has 2 N–H and O–H groups in total. The molecule has 0 saturated carbocycles. The van der Waals surface area contributed by atoms with Crippen LogP contribution in [0.3, 0.4) is 0 Å². The van der Waals surface area contributed by atoms with Gasteiger partial charge in [0.25, 0.3) is 11.5 Å². The Balaban J connectivity index is 1.60. The van der Waals surface area contributed by atoms with Gasteiger partial charge in [0.1, 0.15) is 0 Å². The zero-order valence-corrected chi connectivity index (χ0v) is 13.8. The van der Waals surface area contributed by atoms with E-state index in [1.165, 1.54) is 6.07 Å². The van der Waals surface area contributed by atoms with Gasteiger partial charge in [-0.2, -0.15) is 5.10 Å². The number of carbonyl (C=O) groups is 2. The number of H-pyrrole nitrogens is 1. The Kier molecular flexibility index (Phi) is 5.20.